The van der Waals surface area contributed by atoms with Crippen LogP contribution < -0.4 is 5.32 Å². The van der Waals surface area contributed by atoms with Crippen molar-refractivity contribution >= 4 is 34.5 Å². The molecule has 0 saturated heterocycles. The maximum Gasteiger partial charge on any atom is 0.0992 e. The average molecular weight is 314 g/mol. The summed E-state index contributed by atoms with van der Waals surface area (Å²) < 4.78 is 1.52. The van der Waals surface area contributed by atoms with Crippen LogP contribution in [-0.2, 0) is 0 Å². The predicted octanol–water partition coefficient (Wildman–Crippen LogP) is 5.51. The number of nitrogens with one attached hydrogen (secondary N) is 1. The zero-order valence-electron chi connectivity index (χ0n) is 11.0. The van der Waals surface area contributed by atoms with Crippen LogP contribution in [0.15, 0.2) is 36.4 Å². The molecular weight excluding hydrogens is 297 g/mol. The molecule has 0 spiro atoms. The number of thiophene rings is 1. The lowest BCUT2D eigenvalue weighted by molar-refractivity contribution is 0.480. The summed E-state index contributed by atoms with van der Waals surface area (Å²) in [5.41, 5.74) is 2.39. The zero-order chi connectivity index (χ0) is 13.8. The van der Waals surface area contributed by atoms with Crippen LogP contribution in [0, 0.1) is 0 Å². The van der Waals surface area contributed by atoms with E-state index >= 15 is 0 Å². The number of likely N-dealkylation sites (N-methyl/N-ethyl adjacent to an activating group) is 1. The van der Waals surface area contributed by atoms with Gasteiger partial charge in [-0.15, -0.1) is 11.3 Å². The first-order chi connectivity index (χ1) is 9.13. The number of halogens is 2. The van der Waals surface area contributed by atoms with Crippen LogP contribution in [0.4, 0.5) is 0 Å². The number of rotatable bonds is 5. The zero-order valence-corrected chi connectivity index (χ0v) is 13.3. The maximum atomic E-state index is 6.30. The van der Waals surface area contributed by atoms with Crippen molar-refractivity contribution in [1.82, 2.24) is 5.32 Å². The minimum absolute atomic E-state index is 0.184. The SMILES string of the molecule is CCNC(c1cc(Cl)sc1Cl)C(C)c1ccccc1. The van der Waals surface area contributed by atoms with E-state index in [1.165, 1.54) is 16.9 Å². The highest BCUT2D eigenvalue weighted by atomic mass is 35.5. The molecular formula is C15H17Cl2NS. The minimum atomic E-state index is 0.184. The van der Waals surface area contributed by atoms with Crippen LogP contribution in [0.2, 0.25) is 8.67 Å². The van der Waals surface area contributed by atoms with Crippen molar-refractivity contribution < 1.29 is 0 Å². The Balaban J connectivity index is 2.32. The van der Waals surface area contributed by atoms with Crippen molar-refractivity contribution in [2.75, 3.05) is 6.54 Å². The fourth-order valence-electron chi connectivity index (χ4n) is 2.29. The Morgan fingerprint density at radius 1 is 1.21 bits per heavy atom. The molecule has 0 fully saturated rings. The molecule has 0 amide bonds. The van der Waals surface area contributed by atoms with E-state index in [0.717, 1.165) is 20.8 Å². The van der Waals surface area contributed by atoms with E-state index in [1.54, 1.807) is 0 Å². The molecule has 2 aromatic rings. The molecule has 0 radical (unpaired) electrons. The Kier molecular flexibility index (Phi) is 5.28. The van der Waals surface area contributed by atoms with Crippen molar-refractivity contribution in [3.8, 4) is 0 Å². The molecule has 1 heterocycles. The maximum absolute atomic E-state index is 6.30. The summed E-state index contributed by atoms with van der Waals surface area (Å²) >= 11 is 13.8. The first kappa shape index (κ1) is 14.9. The predicted molar refractivity (Wildman–Crippen MR) is 85.6 cm³/mol. The number of hydrogen-bond acceptors (Lipinski definition) is 2. The van der Waals surface area contributed by atoms with Crippen LogP contribution >= 0.6 is 34.5 Å². The molecule has 1 nitrogen and oxygen atoms in total. The molecule has 0 saturated carbocycles. The summed E-state index contributed by atoms with van der Waals surface area (Å²) in [6.07, 6.45) is 0. The summed E-state index contributed by atoms with van der Waals surface area (Å²) in [7, 11) is 0. The summed E-state index contributed by atoms with van der Waals surface area (Å²) in [4.78, 5) is 0. The summed E-state index contributed by atoms with van der Waals surface area (Å²) in [6.45, 7) is 5.21. The first-order valence-corrected chi connectivity index (χ1v) is 7.93. The van der Waals surface area contributed by atoms with Gasteiger partial charge in [-0.25, -0.2) is 0 Å². The molecule has 2 unspecified atom stereocenters. The average Bonchev–Trinajstić information content (AvgIpc) is 2.75. The van der Waals surface area contributed by atoms with E-state index in [2.05, 4.69) is 43.4 Å². The highest BCUT2D eigenvalue weighted by Crippen LogP contribution is 2.40. The normalized spacial score (nSPS) is 14.3. The van der Waals surface area contributed by atoms with E-state index < -0.39 is 0 Å². The summed E-state index contributed by atoms with van der Waals surface area (Å²) in [5.74, 6) is 0.337. The monoisotopic (exact) mass is 313 g/mol. The van der Waals surface area contributed by atoms with Gasteiger partial charge in [-0.1, -0.05) is 67.4 Å². The molecule has 19 heavy (non-hydrogen) atoms. The van der Waals surface area contributed by atoms with Crippen molar-refractivity contribution in [2.24, 2.45) is 0 Å². The quantitative estimate of drug-likeness (QED) is 0.767. The molecule has 1 aromatic carbocycles. The van der Waals surface area contributed by atoms with E-state index in [4.69, 9.17) is 23.2 Å². The van der Waals surface area contributed by atoms with Gasteiger partial charge in [0.25, 0.3) is 0 Å². The lowest BCUT2D eigenvalue weighted by Crippen LogP contribution is -2.25. The van der Waals surface area contributed by atoms with E-state index in [1.807, 2.05) is 12.1 Å². The number of benzene rings is 1. The minimum Gasteiger partial charge on any atom is -0.310 e. The molecule has 2 rings (SSSR count). The smallest absolute Gasteiger partial charge is 0.0992 e. The van der Waals surface area contributed by atoms with Crippen molar-refractivity contribution in [2.45, 2.75) is 25.8 Å². The van der Waals surface area contributed by atoms with Gasteiger partial charge in [0.15, 0.2) is 0 Å². The molecule has 0 aliphatic rings. The van der Waals surface area contributed by atoms with E-state index in [-0.39, 0.29) is 6.04 Å². The van der Waals surface area contributed by atoms with Gasteiger partial charge >= 0.3 is 0 Å². The van der Waals surface area contributed by atoms with Gasteiger partial charge in [-0.05, 0) is 18.2 Å². The molecule has 102 valence electrons. The third-order valence-corrected chi connectivity index (χ3v) is 4.79. The van der Waals surface area contributed by atoms with Gasteiger partial charge in [0.2, 0.25) is 0 Å². The van der Waals surface area contributed by atoms with Gasteiger partial charge in [-0.2, -0.15) is 0 Å². The van der Waals surface area contributed by atoms with Gasteiger partial charge in [-0.3, -0.25) is 0 Å². The number of hydrogen-bond donors (Lipinski definition) is 1. The second-order valence-electron chi connectivity index (χ2n) is 4.51. The van der Waals surface area contributed by atoms with Gasteiger partial charge in [0.05, 0.1) is 8.67 Å². The van der Waals surface area contributed by atoms with Crippen LogP contribution in [0.5, 0.6) is 0 Å². The van der Waals surface area contributed by atoms with Crippen LogP contribution in [-0.4, -0.2) is 6.54 Å². The summed E-state index contributed by atoms with van der Waals surface area (Å²) in [5, 5.41) is 3.51. The largest absolute Gasteiger partial charge is 0.310 e. The molecule has 1 N–H and O–H groups in total. The van der Waals surface area contributed by atoms with Crippen molar-refractivity contribution in [3.05, 3.63) is 56.2 Å². The standard InChI is InChI=1S/C15H17Cl2NS/c1-3-18-14(12-9-13(16)19-15(12)17)10(2)11-7-5-4-6-8-11/h4-10,14,18H,3H2,1-2H3. The molecule has 0 aliphatic heterocycles. The lowest BCUT2D eigenvalue weighted by Gasteiger charge is -2.25. The van der Waals surface area contributed by atoms with Crippen LogP contribution in [0.3, 0.4) is 0 Å². The van der Waals surface area contributed by atoms with Gasteiger partial charge in [0, 0.05) is 17.5 Å². The summed E-state index contributed by atoms with van der Waals surface area (Å²) in [6, 6.07) is 12.6. The Labute approximate surface area is 128 Å². The van der Waals surface area contributed by atoms with Crippen LogP contribution in [0.1, 0.15) is 36.9 Å². The Bertz CT molecular complexity index is 524. The van der Waals surface area contributed by atoms with E-state index in [9.17, 15) is 0 Å². The Morgan fingerprint density at radius 3 is 2.42 bits per heavy atom. The second-order valence-corrected chi connectivity index (χ2v) is 6.80. The third-order valence-electron chi connectivity index (χ3n) is 3.27. The molecule has 1 aromatic heterocycles. The Morgan fingerprint density at radius 2 is 1.89 bits per heavy atom. The molecule has 4 heteroatoms. The fraction of sp³-hybridized carbons (Fsp3) is 0.333. The van der Waals surface area contributed by atoms with Crippen molar-refractivity contribution in [1.29, 1.82) is 0 Å². The highest BCUT2D eigenvalue weighted by Gasteiger charge is 2.23. The second kappa shape index (κ2) is 6.76. The third kappa shape index (κ3) is 3.51. The molecule has 2 atom stereocenters. The fourth-order valence-corrected chi connectivity index (χ4v) is 3.84. The van der Waals surface area contributed by atoms with E-state index in [0.29, 0.717) is 5.92 Å². The van der Waals surface area contributed by atoms with Crippen molar-refractivity contribution in [3.63, 3.8) is 0 Å². The Hall–Kier alpha value is -0.540. The highest BCUT2D eigenvalue weighted by molar-refractivity contribution is 7.20. The van der Waals surface area contributed by atoms with Gasteiger partial charge < -0.3 is 5.32 Å². The first-order valence-electron chi connectivity index (χ1n) is 6.36. The lowest BCUT2D eigenvalue weighted by atomic mass is 9.90. The van der Waals surface area contributed by atoms with Crippen LogP contribution in [0.25, 0.3) is 0 Å². The molecule has 0 bridgehead atoms. The molecule has 0 aliphatic carbocycles. The topological polar surface area (TPSA) is 12.0 Å². The van der Waals surface area contributed by atoms with Gasteiger partial charge in [0.1, 0.15) is 0 Å².